The Morgan fingerprint density at radius 1 is 1.00 bits per heavy atom. The van der Waals surface area contributed by atoms with Crippen molar-refractivity contribution in [2.24, 2.45) is 17.3 Å². The molecule has 0 aliphatic carbocycles. The molecule has 0 unspecified atom stereocenters. The Labute approximate surface area is 109 Å². The van der Waals surface area contributed by atoms with E-state index < -0.39 is 0 Å². The molecular weight excluding hydrogens is 238 g/mol. The molecule has 0 aliphatic rings. The summed E-state index contributed by atoms with van der Waals surface area (Å²) in [6.07, 6.45) is 0. The minimum absolute atomic E-state index is 0.0394. The van der Waals surface area contributed by atoms with Crippen LogP contribution in [-0.4, -0.2) is 30.8 Å². The monoisotopic (exact) mass is 265 g/mol. The van der Waals surface area contributed by atoms with Gasteiger partial charge in [-0.3, -0.25) is 19.8 Å². The number of carbonyl (C=O) groups excluding carboxylic acids is 3. The third kappa shape index (κ3) is 230. The first-order chi connectivity index (χ1) is 8.19. The van der Waals surface area contributed by atoms with Crippen LogP contribution in [-0.2, 0) is 14.4 Å². The van der Waals surface area contributed by atoms with E-state index in [1.54, 1.807) is 0 Å². The number of hydrazine groups is 1. The van der Waals surface area contributed by atoms with Crippen LogP contribution in [0.15, 0.2) is 0 Å². The van der Waals surface area contributed by atoms with Gasteiger partial charge < -0.3 is 16.8 Å². The van der Waals surface area contributed by atoms with Gasteiger partial charge in [-0.05, 0) is 13.5 Å². The standard InChI is InChI=1S/C4H9NO.C2H6N2O.C2H5NO.C2H7N/c1-3-5-4(2)6;1-2(5)4-3;1-2(3)4;1-2-3/h3H2,1-2H3,(H,5,6);3H2,1H3,(H,4,5);1H3,(H2,3,4);2-3H2,1H3. The first-order valence-electron chi connectivity index (χ1n) is 5.37. The van der Waals surface area contributed by atoms with Crippen LogP contribution in [0.4, 0.5) is 0 Å². The van der Waals surface area contributed by atoms with Gasteiger partial charge >= 0.3 is 0 Å². The Morgan fingerprint density at radius 3 is 1.22 bits per heavy atom. The smallest absolute Gasteiger partial charge is 0.230 e. The summed E-state index contributed by atoms with van der Waals surface area (Å²) in [5, 5.41) is 2.57. The van der Waals surface area contributed by atoms with Gasteiger partial charge in [0.2, 0.25) is 17.7 Å². The molecule has 18 heavy (non-hydrogen) atoms. The first-order valence-corrected chi connectivity index (χ1v) is 5.37. The second kappa shape index (κ2) is 24.5. The van der Waals surface area contributed by atoms with E-state index in [2.05, 4.69) is 16.9 Å². The lowest BCUT2D eigenvalue weighted by molar-refractivity contribution is -0.119. The number of rotatable bonds is 1. The lowest BCUT2D eigenvalue weighted by atomic mass is 10.6. The van der Waals surface area contributed by atoms with Crippen molar-refractivity contribution in [1.82, 2.24) is 10.7 Å². The maximum Gasteiger partial charge on any atom is 0.230 e. The van der Waals surface area contributed by atoms with Gasteiger partial charge in [0.1, 0.15) is 0 Å². The van der Waals surface area contributed by atoms with Crippen LogP contribution in [0.2, 0.25) is 0 Å². The average Bonchev–Trinajstić information content (AvgIpc) is 2.18. The molecule has 110 valence electrons. The maximum atomic E-state index is 9.93. The molecule has 0 heterocycles. The largest absolute Gasteiger partial charge is 0.370 e. The average molecular weight is 265 g/mol. The predicted octanol–water partition coefficient (Wildman–Crippen LogP) is -1.40. The van der Waals surface area contributed by atoms with Gasteiger partial charge in [0.15, 0.2) is 0 Å². The van der Waals surface area contributed by atoms with E-state index in [1.807, 2.05) is 19.3 Å². The van der Waals surface area contributed by atoms with Crippen molar-refractivity contribution in [1.29, 1.82) is 0 Å². The van der Waals surface area contributed by atoms with Crippen LogP contribution in [0.3, 0.4) is 0 Å². The highest BCUT2D eigenvalue weighted by atomic mass is 16.2. The van der Waals surface area contributed by atoms with Crippen LogP contribution < -0.4 is 28.1 Å². The molecule has 0 bridgehead atoms. The Balaban J connectivity index is -0.0000000750. The van der Waals surface area contributed by atoms with E-state index in [0.717, 1.165) is 13.1 Å². The molecule has 0 rings (SSSR count). The number of carbonyl (C=O) groups is 3. The minimum Gasteiger partial charge on any atom is -0.370 e. The summed E-state index contributed by atoms with van der Waals surface area (Å²) in [4.78, 5) is 28.7. The third-order valence-corrected chi connectivity index (χ3v) is 0.629. The lowest BCUT2D eigenvalue weighted by Gasteiger charge is -1.88. The van der Waals surface area contributed by atoms with Gasteiger partial charge in [-0.1, -0.05) is 6.92 Å². The summed E-state index contributed by atoms with van der Waals surface area (Å²) in [7, 11) is 0. The van der Waals surface area contributed by atoms with Crippen LogP contribution in [0, 0.1) is 0 Å². The van der Waals surface area contributed by atoms with Gasteiger partial charge in [0.25, 0.3) is 0 Å². The Bertz CT molecular complexity index is 206. The van der Waals surface area contributed by atoms with E-state index in [4.69, 9.17) is 5.73 Å². The zero-order valence-electron chi connectivity index (χ0n) is 11.9. The quantitative estimate of drug-likeness (QED) is 0.224. The molecule has 0 radical (unpaired) electrons. The summed E-state index contributed by atoms with van der Waals surface area (Å²) in [6, 6.07) is 0. The molecule has 0 aliphatic heterocycles. The van der Waals surface area contributed by atoms with Crippen molar-refractivity contribution in [2.45, 2.75) is 34.6 Å². The Morgan fingerprint density at radius 2 is 1.22 bits per heavy atom. The van der Waals surface area contributed by atoms with Crippen molar-refractivity contribution in [3.8, 4) is 0 Å². The van der Waals surface area contributed by atoms with Crippen molar-refractivity contribution in [3.05, 3.63) is 0 Å². The van der Waals surface area contributed by atoms with Crippen LogP contribution >= 0.6 is 0 Å². The molecular formula is C10H27N5O3. The molecule has 0 fully saturated rings. The summed E-state index contributed by atoms with van der Waals surface area (Å²) in [5.41, 5.74) is 11.2. The molecule has 0 saturated heterocycles. The molecule has 0 atom stereocenters. The minimum atomic E-state index is -0.333. The van der Waals surface area contributed by atoms with Crippen molar-refractivity contribution in [3.63, 3.8) is 0 Å². The molecule has 0 aromatic rings. The van der Waals surface area contributed by atoms with E-state index >= 15 is 0 Å². The van der Waals surface area contributed by atoms with Crippen LogP contribution in [0.5, 0.6) is 0 Å². The molecule has 0 aromatic carbocycles. The van der Waals surface area contributed by atoms with E-state index in [-0.39, 0.29) is 17.7 Å². The first kappa shape index (κ1) is 25.2. The summed E-state index contributed by atoms with van der Waals surface area (Å²) in [5.74, 6) is 4.06. The number of nitrogens with one attached hydrogen (secondary N) is 2. The highest BCUT2D eigenvalue weighted by molar-refractivity contribution is 5.72. The van der Waals surface area contributed by atoms with E-state index in [0.29, 0.717) is 0 Å². The number of hydrogen-bond acceptors (Lipinski definition) is 5. The predicted molar refractivity (Wildman–Crippen MR) is 72.0 cm³/mol. The Hall–Kier alpha value is -1.67. The van der Waals surface area contributed by atoms with Gasteiger partial charge in [-0.15, -0.1) is 0 Å². The Kier molecular flexibility index (Phi) is 34.4. The number of amides is 3. The third-order valence-electron chi connectivity index (χ3n) is 0.629. The summed E-state index contributed by atoms with van der Waals surface area (Å²) in [6.45, 7) is 9.43. The van der Waals surface area contributed by atoms with Crippen molar-refractivity contribution >= 4 is 17.7 Å². The fraction of sp³-hybridized carbons (Fsp3) is 0.700. The molecule has 0 saturated carbocycles. The maximum absolute atomic E-state index is 9.93. The van der Waals surface area contributed by atoms with Gasteiger partial charge in [-0.2, -0.15) is 0 Å². The van der Waals surface area contributed by atoms with Gasteiger partial charge in [0.05, 0.1) is 0 Å². The fourth-order valence-electron chi connectivity index (χ4n) is 0.249. The second-order valence-electron chi connectivity index (χ2n) is 2.81. The normalized spacial score (nSPS) is 6.83. The molecule has 3 amide bonds. The summed E-state index contributed by atoms with van der Waals surface area (Å²) < 4.78 is 0. The molecule has 8 nitrogen and oxygen atoms in total. The molecule has 8 heteroatoms. The zero-order valence-corrected chi connectivity index (χ0v) is 11.9. The van der Waals surface area contributed by atoms with Crippen LogP contribution in [0.25, 0.3) is 0 Å². The highest BCUT2D eigenvalue weighted by Crippen LogP contribution is 1.54. The fourth-order valence-corrected chi connectivity index (χ4v) is 0.249. The van der Waals surface area contributed by atoms with Gasteiger partial charge in [-0.25, -0.2) is 5.84 Å². The van der Waals surface area contributed by atoms with Gasteiger partial charge in [0, 0.05) is 27.3 Å². The number of primary amides is 1. The van der Waals surface area contributed by atoms with Crippen molar-refractivity contribution < 1.29 is 14.4 Å². The number of hydrogen-bond donors (Lipinski definition) is 5. The SMILES string of the molecule is CC(=O)NN.CC(N)=O.CCN.CCNC(C)=O. The van der Waals surface area contributed by atoms with Crippen LogP contribution in [0.1, 0.15) is 34.6 Å². The molecule has 0 spiro atoms. The number of nitrogens with two attached hydrogens (primary N) is 3. The van der Waals surface area contributed by atoms with E-state index in [9.17, 15) is 14.4 Å². The summed E-state index contributed by atoms with van der Waals surface area (Å²) >= 11 is 0. The highest BCUT2D eigenvalue weighted by Gasteiger charge is 1.79. The molecule has 0 aromatic heterocycles. The second-order valence-corrected chi connectivity index (χ2v) is 2.81. The molecule has 8 N–H and O–H groups in total. The van der Waals surface area contributed by atoms with Crippen molar-refractivity contribution in [2.75, 3.05) is 13.1 Å². The lowest BCUT2D eigenvalue weighted by Crippen LogP contribution is -2.26. The zero-order chi connectivity index (χ0) is 15.6. The topological polar surface area (TPSA) is 153 Å². The van der Waals surface area contributed by atoms with E-state index in [1.165, 1.54) is 20.8 Å².